The third-order valence-corrected chi connectivity index (χ3v) is 4.57. The van der Waals surface area contributed by atoms with E-state index in [1.54, 1.807) is 11.8 Å². The van der Waals surface area contributed by atoms with Crippen LogP contribution in [-0.4, -0.2) is 47.0 Å². The minimum atomic E-state index is -0.845. The smallest absolute Gasteiger partial charge is 0.303 e. The van der Waals surface area contributed by atoms with Crippen LogP contribution in [-0.2, 0) is 4.79 Å². The van der Waals surface area contributed by atoms with Crippen LogP contribution in [0.3, 0.4) is 0 Å². The van der Waals surface area contributed by atoms with Gasteiger partial charge in [0.2, 0.25) is 0 Å². The SMILES string of the molecule is COc1cc(C(=O)N2CCCC(CCC(=O)O)C2)cc([N+](=O)[O-])c1C. The van der Waals surface area contributed by atoms with Gasteiger partial charge < -0.3 is 14.7 Å². The number of amides is 1. The first-order chi connectivity index (χ1) is 11.8. The number of methoxy groups -OCH3 is 1. The maximum absolute atomic E-state index is 12.8. The minimum Gasteiger partial charge on any atom is -0.496 e. The van der Waals surface area contributed by atoms with Gasteiger partial charge in [-0.1, -0.05) is 0 Å². The molecule has 1 saturated heterocycles. The molecule has 0 bridgehead atoms. The predicted molar refractivity (Wildman–Crippen MR) is 89.9 cm³/mol. The number of likely N-dealkylation sites (tertiary alicyclic amines) is 1. The molecule has 1 amide bonds. The van der Waals surface area contributed by atoms with Gasteiger partial charge in [-0.15, -0.1) is 0 Å². The Kier molecular flexibility index (Phi) is 5.95. The zero-order valence-corrected chi connectivity index (χ0v) is 14.4. The summed E-state index contributed by atoms with van der Waals surface area (Å²) in [4.78, 5) is 35.8. The molecule has 2 rings (SSSR count). The van der Waals surface area contributed by atoms with Crippen molar-refractivity contribution in [2.75, 3.05) is 20.2 Å². The highest BCUT2D eigenvalue weighted by Gasteiger charge is 2.27. The Labute approximate surface area is 145 Å². The molecule has 8 heteroatoms. The van der Waals surface area contributed by atoms with Gasteiger partial charge in [0.1, 0.15) is 5.75 Å². The van der Waals surface area contributed by atoms with Crippen molar-refractivity contribution in [1.82, 2.24) is 4.90 Å². The molecule has 25 heavy (non-hydrogen) atoms. The van der Waals surface area contributed by atoms with E-state index in [2.05, 4.69) is 0 Å². The number of carboxylic acids is 1. The summed E-state index contributed by atoms with van der Waals surface area (Å²) in [6.07, 6.45) is 2.28. The van der Waals surface area contributed by atoms with Crippen LogP contribution in [0.1, 0.15) is 41.6 Å². The number of carbonyl (C=O) groups excluding carboxylic acids is 1. The fourth-order valence-corrected chi connectivity index (χ4v) is 3.19. The van der Waals surface area contributed by atoms with Crippen molar-refractivity contribution in [2.24, 2.45) is 5.92 Å². The number of hydrogen-bond acceptors (Lipinski definition) is 5. The third kappa shape index (κ3) is 4.46. The van der Waals surface area contributed by atoms with E-state index < -0.39 is 10.9 Å². The van der Waals surface area contributed by atoms with Gasteiger partial charge >= 0.3 is 5.97 Å². The van der Waals surface area contributed by atoms with Crippen LogP contribution in [0.15, 0.2) is 12.1 Å². The molecule has 136 valence electrons. The summed E-state index contributed by atoms with van der Waals surface area (Å²) in [5.74, 6) is -0.697. The molecule has 1 aromatic carbocycles. The normalized spacial score (nSPS) is 17.2. The molecule has 1 atom stereocenters. The van der Waals surface area contributed by atoms with Gasteiger partial charge in [-0.3, -0.25) is 19.7 Å². The predicted octanol–water partition coefficient (Wildman–Crippen LogP) is 2.63. The summed E-state index contributed by atoms with van der Waals surface area (Å²) in [6.45, 7) is 2.61. The molecule has 1 fully saturated rings. The number of piperidine rings is 1. The molecule has 0 aliphatic carbocycles. The van der Waals surface area contributed by atoms with Crippen molar-refractivity contribution in [1.29, 1.82) is 0 Å². The maximum atomic E-state index is 12.8. The maximum Gasteiger partial charge on any atom is 0.303 e. The second-order valence-electron chi connectivity index (χ2n) is 6.27. The lowest BCUT2D eigenvalue weighted by Gasteiger charge is -2.32. The Balaban J connectivity index is 2.20. The van der Waals surface area contributed by atoms with Crippen molar-refractivity contribution >= 4 is 17.6 Å². The van der Waals surface area contributed by atoms with Crippen molar-refractivity contribution in [3.8, 4) is 5.75 Å². The number of carboxylic acid groups (broad SMARTS) is 1. The molecule has 1 unspecified atom stereocenters. The highest BCUT2D eigenvalue weighted by atomic mass is 16.6. The van der Waals surface area contributed by atoms with E-state index in [1.807, 2.05) is 0 Å². The van der Waals surface area contributed by atoms with E-state index in [0.29, 0.717) is 30.8 Å². The number of ether oxygens (including phenoxy) is 1. The van der Waals surface area contributed by atoms with Crippen molar-refractivity contribution < 1.29 is 24.4 Å². The highest BCUT2D eigenvalue weighted by molar-refractivity contribution is 5.95. The molecule has 0 radical (unpaired) electrons. The summed E-state index contributed by atoms with van der Waals surface area (Å²) in [6, 6.07) is 2.80. The average molecular weight is 350 g/mol. The van der Waals surface area contributed by atoms with Gasteiger partial charge in [0.15, 0.2) is 0 Å². The fraction of sp³-hybridized carbons (Fsp3) is 0.529. The van der Waals surface area contributed by atoms with Crippen LogP contribution in [0, 0.1) is 23.0 Å². The number of hydrogen-bond donors (Lipinski definition) is 1. The largest absolute Gasteiger partial charge is 0.496 e. The van der Waals surface area contributed by atoms with Crippen LogP contribution in [0.5, 0.6) is 5.75 Å². The molecule has 0 spiro atoms. The zero-order valence-electron chi connectivity index (χ0n) is 14.4. The molecular weight excluding hydrogens is 328 g/mol. The lowest BCUT2D eigenvalue weighted by atomic mass is 9.93. The fourth-order valence-electron chi connectivity index (χ4n) is 3.19. The van der Waals surface area contributed by atoms with Crippen LogP contribution >= 0.6 is 0 Å². The first-order valence-electron chi connectivity index (χ1n) is 8.17. The van der Waals surface area contributed by atoms with Gasteiger partial charge in [0.05, 0.1) is 23.2 Å². The molecule has 1 aliphatic heterocycles. The van der Waals surface area contributed by atoms with Crippen LogP contribution in [0.2, 0.25) is 0 Å². The van der Waals surface area contributed by atoms with Crippen LogP contribution in [0.4, 0.5) is 5.69 Å². The molecule has 0 aromatic heterocycles. The number of carbonyl (C=O) groups is 2. The summed E-state index contributed by atoms with van der Waals surface area (Å²) in [7, 11) is 1.41. The minimum absolute atomic E-state index is 0.0799. The van der Waals surface area contributed by atoms with E-state index in [-0.39, 0.29) is 29.5 Å². The third-order valence-electron chi connectivity index (χ3n) is 4.57. The molecule has 0 saturated carbocycles. The van der Waals surface area contributed by atoms with Crippen molar-refractivity contribution in [2.45, 2.75) is 32.6 Å². The first-order valence-corrected chi connectivity index (χ1v) is 8.17. The van der Waals surface area contributed by atoms with Gasteiger partial charge in [-0.25, -0.2) is 0 Å². The van der Waals surface area contributed by atoms with Gasteiger partial charge in [-0.2, -0.15) is 0 Å². The van der Waals surface area contributed by atoms with Gasteiger partial charge in [-0.05, 0) is 38.2 Å². The summed E-state index contributed by atoms with van der Waals surface area (Å²) in [5, 5.41) is 20.0. The number of nitrogens with zero attached hydrogens (tertiary/aromatic N) is 2. The number of aliphatic carboxylic acids is 1. The lowest BCUT2D eigenvalue weighted by Crippen LogP contribution is -2.40. The van der Waals surface area contributed by atoms with E-state index in [9.17, 15) is 19.7 Å². The monoisotopic (exact) mass is 350 g/mol. The zero-order chi connectivity index (χ0) is 18.6. The Morgan fingerprint density at radius 1 is 1.44 bits per heavy atom. The molecule has 1 N–H and O–H groups in total. The second kappa shape index (κ2) is 7.96. The Morgan fingerprint density at radius 2 is 2.16 bits per heavy atom. The summed E-state index contributed by atoms with van der Waals surface area (Å²) >= 11 is 0. The standard InChI is InChI=1S/C17H22N2O6/c1-11-14(19(23)24)8-13(9-15(11)25-2)17(22)18-7-3-4-12(10-18)5-6-16(20)21/h8-9,12H,3-7,10H2,1-2H3,(H,20,21). The number of rotatable bonds is 6. The summed E-state index contributed by atoms with van der Waals surface area (Å²) in [5.41, 5.74) is 0.442. The topological polar surface area (TPSA) is 110 Å². The van der Waals surface area contributed by atoms with E-state index >= 15 is 0 Å². The average Bonchev–Trinajstić information content (AvgIpc) is 2.59. The van der Waals surface area contributed by atoms with Crippen LogP contribution < -0.4 is 4.74 Å². The van der Waals surface area contributed by atoms with Gasteiger partial charge in [0, 0.05) is 25.6 Å². The number of nitro benzene ring substituents is 1. The van der Waals surface area contributed by atoms with E-state index in [1.165, 1.54) is 19.2 Å². The van der Waals surface area contributed by atoms with E-state index in [4.69, 9.17) is 9.84 Å². The van der Waals surface area contributed by atoms with Crippen molar-refractivity contribution in [3.05, 3.63) is 33.4 Å². The Bertz CT molecular complexity index is 688. The highest BCUT2D eigenvalue weighted by Crippen LogP contribution is 2.31. The number of benzene rings is 1. The Morgan fingerprint density at radius 3 is 2.76 bits per heavy atom. The van der Waals surface area contributed by atoms with Crippen molar-refractivity contribution in [3.63, 3.8) is 0 Å². The summed E-state index contributed by atoms with van der Waals surface area (Å²) < 4.78 is 5.16. The molecule has 1 heterocycles. The number of nitro groups is 1. The molecular formula is C17H22N2O6. The first kappa shape index (κ1) is 18.7. The molecule has 1 aliphatic rings. The lowest BCUT2D eigenvalue weighted by molar-refractivity contribution is -0.385. The van der Waals surface area contributed by atoms with Crippen LogP contribution in [0.25, 0.3) is 0 Å². The second-order valence-corrected chi connectivity index (χ2v) is 6.27. The molecule has 8 nitrogen and oxygen atoms in total. The van der Waals surface area contributed by atoms with Gasteiger partial charge in [0.25, 0.3) is 11.6 Å². The molecule has 1 aromatic rings. The van der Waals surface area contributed by atoms with E-state index in [0.717, 1.165) is 12.8 Å². The quantitative estimate of drug-likeness (QED) is 0.624. The Hall–Kier alpha value is -2.64.